The average molecular weight is 388 g/mol. The third-order valence-electron chi connectivity index (χ3n) is 4.11. The Morgan fingerprint density at radius 3 is 2.45 bits per heavy atom. The van der Waals surface area contributed by atoms with Crippen molar-refractivity contribution in [1.82, 2.24) is 19.7 Å². The molecule has 2 amide bonds. The number of hydrogen-bond acceptors (Lipinski definition) is 6. The van der Waals surface area contributed by atoms with Crippen LogP contribution in [0.25, 0.3) is 5.69 Å². The molecule has 2 aromatic carbocycles. The zero-order chi connectivity index (χ0) is 20.2. The highest BCUT2D eigenvalue weighted by Gasteiger charge is 2.19. The summed E-state index contributed by atoms with van der Waals surface area (Å²) in [5, 5.41) is 9.63. The third-order valence-corrected chi connectivity index (χ3v) is 4.11. The van der Waals surface area contributed by atoms with Gasteiger partial charge >= 0.3 is 0 Å². The molecule has 0 spiro atoms. The highest BCUT2D eigenvalue weighted by molar-refractivity contribution is 6.05. The van der Waals surface area contributed by atoms with E-state index in [0.29, 0.717) is 11.3 Å². The fourth-order valence-electron chi connectivity index (χ4n) is 2.68. The Morgan fingerprint density at radius 1 is 0.966 bits per heavy atom. The molecule has 0 unspecified atom stereocenters. The number of carbonyl (C=O) groups is 2. The van der Waals surface area contributed by atoms with Gasteiger partial charge in [0.15, 0.2) is 12.1 Å². The predicted molar refractivity (Wildman–Crippen MR) is 105 cm³/mol. The maximum Gasteiger partial charge on any atom is 0.279 e. The normalized spacial score (nSPS) is 10.5. The van der Waals surface area contributed by atoms with Crippen LogP contribution in [-0.4, -0.2) is 31.6 Å². The molecular formula is C20H16N6O3. The second-order valence-electron chi connectivity index (χ2n) is 6.10. The van der Waals surface area contributed by atoms with E-state index in [1.807, 2.05) is 37.3 Å². The Labute approximate surface area is 165 Å². The van der Waals surface area contributed by atoms with Gasteiger partial charge in [-0.2, -0.15) is 9.67 Å². The van der Waals surface area contributed by atoms with Crippen LogP contribution in [0.15, 0.2) is 71.7 Å². The fourth-order valence-corrected chi connectivity index (χ4v) is 2.68. The Hall–Kier alpha value is -4.27. The molecule has 144 valence electrons. The molecule has 9 nitrogen and oxygen atoms in total. The Morgan fingerprint density at radius 2 is 1.72 bits per heavy atom. The average Bonchev–Trinajstić information content (AvgIpc) is 3.39. The number of nitrogens with zero attached hydrogens (tertiary/aromatic N) is 4. The Balaban J connectivity index is 1.65. The molecule has 0 fully saturated rings. The molecule has 0 aliphatic heterocycles. The predicted octanol–water partition coefficient (Wildman–Crippen LogP) is 3.07. The summed E-state index contributed by atoms with van der Waals surface area (Å²) in [4.78, 5) is 33.0. The Bertz CT molecular complexity index is 1150. The summed E-state index contributed by atoms with van der Waals surface area (Å²) in [5.74, 6) is -0.676. The first-order chi connectivity index (χ1) is 14.1. The largest absolute Gasteiger partial charge is 0.451 e. The van der Waals surface area contributed by atoms with Crippen molar-refractivity contribution in [2.45, 2.75) is 6.92 Å². The van der Waals surface area contributed by atoms with Gasteiger partial charge in [0, 0.05) is 5.56 Å². The van der Waals surface area contributed by atoms with Crippen molar-refractivity contribution in [2.75, 3.05) is 10.6 Å². The van der Waals surface area contributed by atoms with Crippen molar-refractivity contribution in [2.24, 2.45) is 0 Å². The van der Waals surface area contributed by atoms with Crippen molar-refractivity contribution in [3.05, 3.63) is 84.1 Å². The molecule has 0 radical (unpaired) electrons. The smallest absolute Gasteiger partial charge is 0.279 e. The minimum absolute atomic E-state index is 0.0533. The molecule has 4 rings (SSSR count). The van der Waals surface area contributed by atoms with Gasteiger partial charge in [-0.15, -0.1) is 5.10 Å². The van der Waals surface area contributed by atoms with Crippen LogP contribution in [0.4, 0.5) is 11.9 Å². The molecule has 0 atom stereocenters. The number of aromatic nitrogens is 4. The summed E-state index contributed by atoms with van der Waals surface area (Å²) in [6.45, 7) is 1.84. The van der Waals surface area contributed by atoms with Gasteiger partial charge in [0.25, 0.3) is 17.8 Å². The van der Waals surface area contributed by atoms with Crippen molar-refractivity contribution in [3.8, 4) is 5.69 Å². The minimum atomic E-state index is -0.514. The number of carbonyl (C=O) groups excluding carboxylic acids is 2. The first kappa shape index (κ1) is 18.1. The lowest BCUT2D eigenvalue weighted by Crippen LogP contribution is -2.16. The number of benzene rings is 2. The molecule has 2 heterocycles. The highest BCUT2D eigenvalue weighted by atomic mass is 16.3. The molecule has 0 bridgehead atoms. The summed E-state index contributed by atoms with van der Waals surface area (Å²) < 4.78 is 6.26. The SMILES string of the molecule is Cc1ccccc1C(=O)Nc1nc(NC(=O)c2cocn2)n(-c2ccccc2)n1. The second-order valence-corrected chi connectivity index (χ2v) is 6.10. The van der Waals surface area contributed by atoms with E-state index in [4.69, 9.17) is 4.42 Å². The third kappa shape index (κ3) is 3.88. The van der Waals surface area contributed by atoms with Crippen molar-refractivity contribution < 1.29 is 14.0 Å². The van der Waals surface area contributed by atoms with Gasteiger partial charge in [-0.25, -0.2) is 4.98 Å². The van der Waals surface area contributed by atoms with Gasteiger partial charge in [-0.05, 0) is 30.7 Å². The molecule has 0 aliphatic carbocycles. The number of rotatable bonds is 5. The van der Waals surface area contributed by atoms with E-state index in [1.165, 1.54) is 10.9 Å². The lowest BCUT2D eigenvalue weighted by Gasteiger charge is -2.05. The molecule has 0 saturated carbocycles. The minimum Gasteiger partial charge on any atom is -0.451 e. The monoisotopic (exact) mass is 388 g/mol. The lowest BCUT2D eigenvalue weighted by molar-refractivity contribution is 0.101. The molecule has 29 heavy (non-hydrogen) atoms. The van der Waals surface area contributed by atoms with Gasteiger partial charge < -0.3 is 4.42 Å². The van der Waals surface area contributed by atoms with Gasteiger partial charge in [-0.3, -0.25) is 20.2 Å². The van der Waals surface area contributed by atoms with E-state index >= 15 is 0 Å². The zero-order valence-electron chi connectivity index (χ0n) is 15.4. The number of nitrogens with one attached hydrogen (secondary N) is 2. The number of amides is 2. The fraction of sp³-hybridized carbons (Fsp3) is 0.0500. The van der Waals surface area contributed by atoms with Crippen LogP contribution in [0.1, 0.15) is 26.4 Å². The van der Waals surface area contributed by atoms with Crippen LogP contribution >= 0.6 is 0 Å². The van der Waals surface area contributed by atoms with Gasteiger partial charge in [0.05, 0.1) is 5.69 Å². The van der Waals surface area contributed by atoms with E-state index < -0.39 is 5.91 Å². The summed E-state index contributed by atoms with van der Waals surface area (Å²) in [6.07, 6.45) is 2.38. The molecule has 2 N–H and O–H groups in total. The topological polar surface area (TPSA) is 115 Å². The molecule has 0 saturated heterocycles. The molecular weight excluding hydrogens is 372 g/mol. The quantitative estimate of drug-likeness (QED) is 0.543. The van der Waals surface area contributed by atoms with Gasteiger partial charge in [0.2, 0.25) is 5.95 Å². The summed E-state index contributed by atoms with van der Waals surface area (Å²) in [5.41, 5.74) is 2.09. The van der Waals surface area contributed by atoms with E-state index in [9.17, 15) is 9.59 Å². The first-order valence-corrected chi connectivity index (χ1v) is 8.71. The standard InChI is InChI=1S/C20H16N6O3/c1-13-7-5-6-10-15(13)17(27)22-19-24-20(23-18(28)16-11-29-12-21-16)26(25-19)14-8-3-2-4-9-14/h2-12H,1H3,(H2,22,23,24,25,27,28). The first-order valence-electron chi connectivity index (χ1n) is 8.71. The highest BCUT2D eigenvalue weighted by Crippen LogP contribution is 2.18. The van der Waals surface area contributed by atoms with E-state index in [2.05, 4.69) is 25.7 Å². The van der Waals surface area contributed by atoms with Crippen LogP contribution in [0, 0.1) is 6.92 Å². The number of aryl methyl sites for hydroxylation is 1. The van der Waals surface area contributed by atoms with Gasteiger partial charge in [-0.1, -0.05) is 36.4 Å². The zero-order valence-corrected chi connectivity index (χ0v) is 15.4. The van der Waals surface area contributed by atoms with E-state index in [0.717, 1.165) is 12.0 Å². The molecule has 0 aliphatic rings. The summed E-state index contributed by atoms with van der Waals surface area (Å²) in [7, 11) is 0. The van der Waals surface area contributed by atoms with Crippen LogP contribution < -0.4 is 10.6 Å². The summed E-state index contributed by atoms with van der Waals surface area (Å²) >= 11 is 0. The maximum absolute atomic E-state index is 12.6. The number of anilines is 2. The van der Waals surface area contributed by atoms with Crippen molar-refractivity contribution >= 4 is 23.7 Å². The number of para-hydroxylation sites is 1. The maximum atomic E-state index is 12.6. The van der Waals surface area contributed by atoms with Gasteiger partial charge in [0.1, 0.15) is 6.26 Å². The molecule has 9 heteroatoms. The van der Waals surface area contributed by atoms with Crippen LogP contribution in [0.2, 0.25) is 0 Å². The molecule has 4 aromatic rings. The van der Waals surface area contributed by atoms with E-state index in [-0.39, 0.29) is 23.5 Å². The summed E-state index contributed by atoms with van der Waals surface area (Å²) in [6, 6.07) is 16.3. The second kappa shape index (κ2) is 7.77. The van der Waals surface area contributed by atoms with Crippen molar-refractivity contribution in [3.63, 3.8) is 0 Å². The van der Waals surface area contributed by atoms with Crippen LogP contribution in [0.5, 0.6) is 0 Å². The van der Waals surface area contributed by atoms with Crippen LogP contribution in [0.3, 0.4) is 0 Å². The molecule has 2 aromatic heterocycles. The van der Waals surface area contributed by atoms with E-state index in [1.54, 1.807) is 24.3 Å². The van der Waals surface area contributed by atoms with Crippen LogP contribution in [-0.2, 0) is 0 Å². The lowest BCUT2D eigenvalue weighted by atomic mass is 10.1. The van der Waals surface area contributed by atoms with Crippen molar-refractivity contribution in [1.29, 1.82) is 0 Å². The number of hydrogen-bond donors (Lipinski definition) is 2. The Kier molecular flexibility index (Phi) is 4.85. The number of oxazole rings is 1.